The maximum absolute atomic E-state index is 11.9. The first-order chi connectivity index (χ1) is 10.6. The van der Waals surface area contributed by atoms with Crippen LogP contribution in [-0.2, 0) is 18.8 Å². The number of halogens is 1. The highest BCUT2D eigenvalue weighted by atomic mass is 79.9. The van der Waals surface area contributed by atoms with Crippen LogP contribution in [0, 0.1) is 6.92 Å². The standard InChI is InChI=1S/C17H24BBrO4/c1-11-7-12(9-13(19)8-11)14(10-15(20)21-6)18-22-16(2,3)17(4,5)23-18/h7-9,14H,10H2,1-6H3. The Hall–Kier alpha value is -0.845. The molecule has 0 spiro atoms. The molecule has 0 N–H and O–H groups in total. The van der Waals surface area contributed by atoms with Crippen molar-refractivity contribution in [2.75, 3.05) is 7.11 Å². The normalized spacial score (nSPS) is 20.4. The van der Waals surface area contributed by atoms with E-state index in [2.05, 4.69) is 22.0 Å². The number of methoxy groups -OCH3 is 1. The van der Waals surface area contributed by atoms with E-state index >= 15 is 0 Å². The lowest BCUT2D eigenvalue weighted by molar-refractivity contribution is -0.140. The van der Waals surface area contributed by atoms with E-state index in [0.29, 0.717) is 0 Å². The minimum Gasteiger partial charge on any atom is -0.469 e. The molecule has 1 unspecified atom stereocenters. The van der Waals surface area contributed by atoms with Crippen LogP contribution in [0.3, 0.4) is 0 Å². The number of aryl methyl sites for hydroxylation is 1. The van der Waals surface area contributed by atoms with Gasteiger partial charge in [0.25, 0.3) is 0 Å². The minimum absolute atomic E-state index is 0.212. The highest BCUT2D eigenvalue weighted by Crippen LogP contribution is 2.42. The summed E-state index contributed by atoms with van der Waals surface area (Å²) < 4.78 is 18.2. The van der Waals surface area contributed by atoms with Crippen molar-refractivity contribution in [3.05, 3.63) is 33.8 Å². The van der Waals surface area contributed by atoms with Crippen molar-refractivity contribution in [1.82, 2.24) is 0 Å². The average molecular weight is 383 g/mol. The first-order valence-electron chi connectivity index (χ1n) is 7.75. The van der Waals surface area contributed by atoms with E-state index in [-0.39, 0.29) is 18.2 Å². The van der Waals surface area contributed by atoms with Crippen LogP contribution in [0.5, 0.6) is 0 Å². The molecule has 0 radical (unpaired) electrons. The van der Waals surface area contributed by atoms with E-state index in [1.165, 1.54) is 7.11 Å². The monoisotopic (exact) mass is 382 g/mol. The van der Waals surface area contributed by atoms with E-state index in [9.17, 15) is 4.79 Å². The van der Waals surface area contributed by atoms with Crippen molar-refractivity contribution in [2.24, 2.45) is 0 Å². The van der Waals surface area contributed by atoms with Gasteiger partial charge >= 0.3 is 13.1 Å². The Labute approximate surface area is 147 Å². The second-order valence-corrected chi connectivity index (χ2v) is 7.99. The molecule has 1 aliphatic heterocycles. The molecule has 1 fully saturated rings. The van der Waals surface area contributed by atoms with Gasteiger partial charge in [-0.25, -0.2) is 0 Å². The quantitative estimate of drug-likeness (QED) is 0.582. The Bertz CT molecular complexity index is 564. The van der Waals surface area contributed by atoms with Gasteiger partial charge in [0, 0.05) is 10.3 Å². The largest absolute Gasteiger partial charge is 0.469 e. The van der Waals surface area contributed by atoms with Gasteiger partial charge in [0.15, 0.2) is 0 Å². The molecule has 1 aromatic carbocycles. The van der Waals surface area contributed by atoms with Crippen molar-refractivity contribution in [3.8, 4) is 0 Å². The molecule has 1 saturated heterocycles. The van der Waals surface area contributed by atoms with Gasteiger partial charge in [0.2, 0.25) is 0 Å². The fourth-order valence-corrected chi connectivity index (χ4v) is 3.29. The van der Waals surface area contributed by atoms with E-state index in [4.69, 9.17) is 14.0 Å². The fraction of sp³-hybridized carbons (Fsp3) is 0.588. The van der Waals surface area contributed by atoms with Crippen molar-refractivity contribution < 1.29 is 18.8 Å². The summed E-state index contributed by atoms with van der Waals surface area (Å²) in [7, 11) is 0.906. The summed E-state index contributed by atoms with van der Waals surface area (Å²) in [6, 6.07) is 6.10. The highest BCUT2D eigenvalue weighted by molar-refractivity contribution is 9.10. The topological polar surface area (TPSA) is 44.8 Å². The molecule has 0 amide bonds. The van der Waals surface area contributed by atoms with Crippen molar-refractivity contribution in [2.45, 2.75) is 58.1 Å². The predicted molar refractivity (Wildman–Crippen MR) is 94.3 cm³/mol. The number of carbonyl (C=O) groups is 1. The van der Waals surface area contributed by atoms with Gasteiger partial charge in [-0.3, -0.25) is 4.79 Å². The Balaban J connectivity index is 2.37. The summed E-state index contributed by atoms with van der Waals surface area (Å²) in [5.74, 6) is -0.498. The third-order valence-electron chi connectivity index (χ3n) is 4.71. The van der Waals surface area contributed by atoms with Gasteiger partial charge in [0.1, 0.15) is 0 Å². The second kappa shape index (κ2) is 6.57. The number of benzene rings is 1. The lowest BCUT2D eigenvalue weighted by Crippen LogP contribution is -2.41. The fourth-order valence-electron chi connectivity index (χ4n) is 2.67. The molecule has 0 bridgehead atoms. The van der Waals surface area contributed by atoms with Gasteiger partial charge in [-0.05, 0) is 57.9 Å². The van der Waals surface area contributed by atoms with Gasteiger partial charge in [-0.15, -0.1) is 0 Å². The molecule has 1 heterocycles. The molecule has 1 aromatic rings. The lowest BCUT2D eigenvalue weighted by atomic mass is 9.66. The van der Waals surface area contributed by atoms with Crippen LogP contribution in [0.25, 0.3) is 0 Å². The SMILES string of the molecule is COC(=O)CC(B1OC(C)(C)C(C)(C)O1)c1cc(C)cc(Br)c1. The first-order valence-corrected chi connectivity index (χ1v) is 8.54. The van der Waals surface area contributed by atoms with Gasteiger partial charge in [0.05, 0.1) is 24.7 Å². The maximum Gasteiger partial charge on any atom is 0.466 e. The molecule has 0 aromatic heterocycles. The first kappa shape index (κ1) is 18.5. The molecule has 2 rings (SSSR count). The van der Waals surface area contributed by atoms with E-state index in [1.807, 2.05) is 46.8 Å². The van der Waals surface area contributed by atoms with Crippen LogP contribution < -0.4 is 0 Å². The van der Waals surface area contributed by atoms with Crippen LogP contribution in [0.15, 0.2) is 22.7 Å². The van der Waals surface area contributed by atoms with Crippen molar-refractivity contribution >= 4 is 29.0 Å². The predicted octanol–water partition coefficient (Wildman–Crippen LogP) is 4.04. The van der Waals surface area contributed by atoms with Crippen molar-refractivity contribution in [3.63, 3.8) is 0 Å². The van der Waals surface area contributed by atoms with E-state index in [1.54, 1.807) is 0 Å². The van der Waals surface area contributed by atoms with Crippen LogP contribution in [0.2, 0.25) is 0 Å². The molecule has 1 aliphatic rings. The molecule has 23 heavy (non-hydrogen) atoms. The van der Waals surface area contributed by atoms with Gasteiger partial charge < -0.3 is 14.0 Å². The molecule has 126 valence electrons. The molecule has 0 aliphatic carbocycles. The number of esters is 1. The molecular weight excluding hydrogens is 359 g/mol. The summed E-state index contributed by atoms with van der Waals surface area (Å²) in [5.41, 5.74) is 1.24. The average Bonchev–Trinajstić information content (AvgIpc) is 2.63. The summed E-state index contributed by atoms with van der Waals surface area (Å²) in [4.78, 5) is 11.9. The lowest BCUT2D eigenvalue weighted by Gasteiger charge is -2.32. The number of ether oxygens (including phenoxy) is 1. The smallest absolute Gasteiger partial charge is 0.466 e. The molecular formula is C17H24BBrO4. The zero-order chi connectivity index (χ0) is 17.4. The van der Waals surface area contributed by atoms with Gasteiger partial charge in [-0.1, -0.05) is 22.0 Å². The molecule has 4 nitrogen and oxygen atoms in total. The third kappa shape index (κ3) is 3.98. The highest BCUT2D eigenvalue weighted by Gasteiger charge is 2.54. The summed E-state index contributed by atoms with van der Waals surface area (Å²) in [6.45, 7) is 10.1. The number of hydrogen-bond donors (Lipinski definition) is 0. The van der Waals surface area contributed by atoms with E-state index < -0.39 is 18.3 Å². The summed E-state index contributed by atoms with van der Waals surface area (Å²) >= 11 is 3.52. The summed E-state index contributed by atoms with van der Waals surface area (Å²) in [6.07, 6.45) is 0.212. The van der Waals surface area contributed by atoms with Crippen LogP contribution >= 0.6 is 15.9 Å². The second-order valence-electron chi connectivity index (χ2n) is 7.07. The number of rotatable bonds is 4. The number of hydrogen-bond acceptors (Lipinski definition) is 4. The van der Waals surface area contributed by atoms with Crippen molar-refractivity contribution in [1.29, 1.82) is 0 Å². The Kier molecular flexibility index (Phi) is 5.29. The molecule has 1 atom stereocenters. The zero-order valence-electron chi connectivity index (χ0n) is 14.6. The third-order valence-corrected chi connectivity index (χ3v) is 5.16. The van der Waals surface area contributed by atoms with Crippen LogP contribution in [0.4, 0.5) is 0 Å². The molecule has 0 saturated carbocycles. The van der Waals surface area contributed by atoms with Crippen LogP contribution in [-0.4, -0.2) is 31.4 Å². The Morgan fingerprint density at radius 2 is 1.78 bits per heavy atom. The Morgan fingerprint density at radius 1 is 1.22 bits per heavy atom. The van der Waals surface area contributed by atoms with E-state index in [0.717, 1.165) is 15.6 Å². The Morgan fingerprint density at radius 3 is 2.26 bits per heavy atom. The summed E-state index contributed by atoms with van der Waals surface area (Å²) in [5, 5.41) is 0. The minimum atomic E-state index is -0.493. The number of carbonyl (C=O) groups excluding carboxylic acids is 1. The zero-order valence-corrected chi connectivity index (χ0v) is 16.2. The van der Waals surface area contributed by atoms with Gasteiger partial charge in [-0.2, -0.15) is 0 Å². The molecule has 6 heteroatoms. The van der Waals surface area contributed by atoms with Crippen LogP contribution in [0.1, 0.15) is 51.1 Å². The maximum atomic E-state index is 11.9.